The zero-order valence-corrected chi connectivity index (χ0v) is 10.6. The molecule has 1 aliphatic carbocycles. The van der Waals surface area contributed by atoms with Crippen LogP contribution in [0.1, 0.15) is 52.4 Å². The van der Waals surface area contributed by atoms with Crippen molar-refractivity contribution in [3.05, 3.63) is 0 Å². The largest absolute Gasteiger partial charge is 0.481 e. The van der Waals surface area contributed by atoms with E-state index in [9.17, 15) is 4.79 Å². The number of carboxylic acids is 1. The van der Waals surface area contributed by atoms with Gasteiger partial charge in [0, 0.05) is 10.5 Å². The molecule has 0 aliphatic heterocycles. The van der Waals surface area contributed by atoms with Crippen LogP contribution in [0.3, 0.4) is 0 Å². The Labute approximate surface area is 96.8 Å². The standard InChI is InChI=1S/C12H22O2S/c1-3-10(8-12(13)14)15-11-6-4-5-9(2)7-11/h9-11H,3-8H2,1-2H3,(H,13,14). The molecule has 1 N–H and O–H groups in total. The van der Waals surface area contributed by atoms with Crippen molar-refractivity contribution in [2.24, 2.45) is 5.92 Å². The molecule has 0 aromatic heterocycles. The molecule has 1 fully saturated rings. The summed E-state index contributed by atoms with van der Waals surface area (Å²) in [6.07, 6.45) is 6.54. The van der Waals surface area contributed by atoms with Gasteiger partial charge in [-0.15, -0.1) is 0 Å². The molecular formula is C12H22O2S. The average Bonchev–Trinajstić information content (AvgIpc) is 2.16. The van der Waals surface area contributed by atoms with Gasteiger partial charge in [-0.2, -0.15) is 11.8 Å². The van der Waals surface area contributed by atoms with E-state index in [0.717, 1.165) is 12.3 Å². The fourth-order valence-electron chi connectivity index (χ4n) is 2.26. The summed E-state index contributed by atoms with van der Waals surface area (Å²) in [6.45, 7) is 4.40. The number of carboxylic acid groups (broad SMARTS) is 1. The fourth-order valence-corrected chi connectivity index (χ4v) is 3.98. The van der Waals surface area contributed by atoms with E-state index in [1.807, 2.05) is 11.8 Å². The Morgan fingerprint density at radius 1 is 1.53 bits per heavy atom. The third kappa shape index (κ3) is 4.92. The molecule has 88 valence electrons. The number of hydrogen-bond donors (Lipinski definition) is 1. The number of thioether (sulfide) groups is 1. The van der Waals surface area contributed by atoms with Crippen molar-refractivity contribution >= 4 is 17.7 Å². The van der Waals surface area contributed by atoms with Gasteiger partial charge in [-0.05, 0) is 25.2 Å². The van der Waals surface area contributed by atoms with Crippen LogP contribution >= 0.6 is 11.8 Å². The fraction of sp³-hybridized carbons (Fsp3) is 0.917. The predicted molar refractivity (Wildman–Crippen MR) is 65.3 cm³/mol. The van der Waals surface area contributed by atoms with E-state index in [2.05, 4.69) is 13.8 Å². The van der Waals surface area contributed by atoms with Crippen LogP contribution in [0.15, 0.2) is 0 Å². The molecule has 3 atom stereocenters. The number of aliphatic carboxylic acids is 1. The Bertz CT molecular complexity index is 206. The van der Waals surface area contributed by atoms with Crippen molar-refractivity contribution in [2.75, 3.05) is 0 Å². The Morgan fingerprint density at radius 3 is 2.80 bits per heavy atom. The highest BCUT2D eigenvalue weighted by atomic mass is 32.2. The Hall–Kier alpha value is -0.180. The van der Waals surface area contributed by atoms with E-state index in [1.54, 1.807) is 0 Å². The SMILES string of the molecule is CCC(CC(=O)O)SC1CCCC(C)C1. The van der Waals surface area contributed by atoms with Gasteiger partial charge in [0.05, 0.1) is 6.42 Å². The molecule has 0 aromatic rings. The maximum atomic E-state index is 10.7. The third-order valence-electron chi connectivity index (χ3n) is 3.13. The van der Waals surface area contributed by atoms with Crippen molar-refractivity contribution in [3.63, 3.8) is 0 Å². The minimum Gasteiger partial charge on any atom is -0.481 e. The van der Waals surface area contributed by atoms with E-state index in [-0.39, 0.29) is 0 Å². The third-order valence-corrected chi connectivity index (χ3v) is 4.83. The Balaban J connectivity index is 2.33. The van der Waals surface area contributed by atoms with Crippen LogP contribution in [0, 0.1) is 5.92 Å². The summed E-state index contributed by atoms with van der Waals surface area (Å²) in [6, 6.07) is 0. The van der Waals surface area contributed by atoms with Crippen LogP contribution in [-0.4, -0.2) is 21.6 Å². The molecule has 1 saturated carbocycles. The summed E-state index contributed by atoms with van der Waals surface area (Å²) < 4.78 is 0. The van der Waals surface area contributed by atoms with Gasteiger partial charge in [-0.1, -0.05) is 26.7 Å². The number of rotatable bonds is 5. The van der Waals surface area contributed by atoms with E-state index in [1.165, 1.54) is 25.7 Å². The molecule has 0 heterocycles. The van der Waals surface area contributed by atoms with Gasteiger partial charge >= 0.3 is 5.97 Å². The summed E-state index contributed by atoms with van der Waals surface area (Å²) in [5.41, 5.74) is 0. The van der Waals surface area contributed by atoms with Crippen LogP contribution in [0.4, 0.5) is 0 Å². The quantitative estimate of drug-likeness (QED) is 0.784. The molecule has 15 heavy (non-hydrogen) atoms. The van der Waals surface area contributed by atoms with E-state index >= 15 is 0 Å². The van der Waals surface area contributed by atoms with Crippen LogP contribution < -0.4 is 0 Å². The van der Waals surface area contributed by atoms with Crippen molar-refractivity contribution in [3.8, 4) is 0 Å². The molecule has 0 radical (unpaired) electrons. The van der Waals surface area contributed by atoms with E-state index in [0.29, 0.717) is 16.9 Å². The highest BCUT2D eigenvalue weighted by Gasteiger charge is 2.23. The van der Waals surface area contributed by atoms with Gasteiger partial charge < -0.3 is 5.11 Å². The minimum atomic E-state index is -0.654. The minimum absolute atomic E-state index is 0.317. The average molecular weight is 230 g/mol. The number of hydrogen-bond acceptors (Lipinski definition) is 2. The topological polar surface area (TPSA) is 37.3 Å². The summed E-state index contributed by atoms with van der Waals surface area (Å²) in [4.78, 5) is 10.7. The molecule has 3 heteroatoms. The van der Waals surface area contributed by atoms with Crippen LogP contribution in [0.25, 0.3) is 0 Å². The van der Waals surface area contributed by atoms with Crippen molar-refractivity contribution in [1.82, 2.24) is 0 Å². The summed E-state index contributed by atoms with van der Waals surface area (Å²) in [5.74, 6) is 0.178. The normalized spacial score (nSPS) is 28.7. The van der Waals surface area contributed by atoms with Gasteiger partial charge in [0.1, 0.15) is 0 Å². The predicted octanol–water partition coefficient (Wildman–Crippen LogP) is 3.55. The second kappa shape index (κ2) is 6.41. The maximum absolute atomic E-state index is 10.7. The highest BCUT2D eigenvalue weighted by Crippen LogP contribution is 2.35. The maximum Gasteiger partial charge on any atom is 0.304 e. The zero-order chi connectivity index (χ0) is 11.3. The molecule has 0 aromatic carbocycles. The lowest BCUT2D eigenvalue weighted by Gasteiger charge is -2.28. The molecule has 1 aliphatic rings. The van der Waals surface area contributed by atoms with Crippen LogP contribution in [0.5, 0.6) is 0 Å². The summed E-state index contributed by atoms with van der Waals surface area (Å²) in [7, 11) is 0. The molecule has 2 nitrogen and oxygen atoms in total. The second-order valence-corrected chi connectivity index (χ2v) is 6.26. The van der Waals surface area contributed by atoms with Crippen LogP contribution in [0.2, 0.25) is 0 Å². The summed E-state index contributed by atoms with van der Waals surface area (Å²) in [5, 5.41) is 9.81. The first-order chi connectivity index (χ1) is 7.11. The molecule has 3 unspecified atom stereocenters. The first-order valence-electron chi connectivity index (χ1n) is 5.99. The molecule has 0 bridgehead atoms. The zero-order valence-electron chi connectivity index (χ0n) is 9.74. The smallest absolute Gasteiger partial charge is 0.304 e. The van der Waals surface area contributed by atoms with Gasteiger partial charge in [-0.3, -0.25) is 4.79 Å². The van der Waals surface area contributed by atoms with Crippen LogP contribution in [-0.2, 0) is 4.79 Å². The lowest BCUT2D eigenvalue weighted by Crippen LogP contribution is -2.20. The second-order valence-electron chi connectivity index (χ2n) is 4.66. The monoisotopic (exact) mass is 230 g/mol. The van der Waals surface area contributed by atoms with Crippen molar-refractivity contribution in [2.45, 2.75) is 62.9 Å². The molecular weight excluding hydrogens is 208 g/mol. The Morgan fingerprint density at radius 2 is 2.27 bits per heavy atom. The molecule has 0 spiro atoms. The first-order valence-corrected chi connectivity index (χ1v) is 6.93. The molecule has 1 rings (SSSR count). The lowest BCUT2D eigenvalue weighted by atomic mass is 9.91. The molecule has 0 saturated heterocycles. The first kappa shape index (κ1) is 12.9. The van der Waals surface area contributed by atoms with Gasteiger partial charge in [0.15, 0.2) is 0 Å². The lowest BCUT2D eigenvalue weighted by molar-refractivity contribution is -0.136. The Kier molecular flexibility index (Phi) is 5.51. The highest BCUT2D eigenvalue weighted by molar-refractivity contribution is 8.00. The molecule has 0 amide bonds. The van der Waals surface area contributed by atoms with Gasteiger partial charge in [0.25, 0.3) is 0 Å². The van der Waals surface area contributed by atoms with Gasteiger partial charge in [-0.25, -0.2) is 0 Å². The van der Waals surface area contributed by atoms with Crippen molar-refractivity contribution < 1.29 is 9.90 Å². The summed E-state index contributed by atoms with van der Waals surface area (Å²) >= 11 is 1.92. The van der Waals surface area contributed by atoms with E-state index in [4.69, 9.17) is 5.11 Å². The number of carbonyl (C=O) groups is 1. The van der Waals surface area contributed by atoms with Gasteiger partial charge in [0.2, 0.25) is 0 Å². The van der Waals surface area contributed by atoms with Crippen molar-refractivity contribution in [1.29, 1.82) is 0 Å². The van der Waals surface area contributed by atoms with E-state index < -0.39 is 5.97 Å².